The zero-order valence-corrected chi connectivity index (χ0v) is 19.1. The van der Waals surface area contributed by atoms with Crippen LogP contribution in [0.15, 0.2) is 59.9 Å². The lowest BCUT2D eigenvalue weighted by molar-refractivity contribution is -0.132. The molecule has 2 aliphatic rings. The number of halogens is 1. The molecule has 0 radical (unpaired) electrons. The van der Waals surface area contributed by atoms with E-state index >= 15 is 0 Å². The van der Waals surface area contributed by atoms with Crippen molar-refractivity contribution in [2.45, 2.75) is 12.5 Å². The predicted octanol–water partition coefficient (Wildman–Crippen LogP) is 3.44. The number of thiophene rings is 1. The first-order valence-electron chi connectivity index (χ1n) is 10.5. The Morgan fingerprint density at radius 2 is 2.00 bits per heavy atom. The highest BCUT2D eigenvalue weighted by molar-refractivity contribution is 7.15. The highest BCUT2D eigenvalue weighted by Crippen LogP contribution is 2.48. The fourth-order valence-corrected chi connectivity index (χ4v) is 5.69. The number of fused-ring (bicyclic) bond motifs is 1. The molecular formula is C25H22FN5OS. The molecule has 33 heavy (non-hydrogen) atoms. The van der Waals surface area contributed by atoms with Crippen LogP contribution < -0.4 is 10.6 Å². The van der Waals surface area contributed by atoms with Gasteiger partial charge >= 0.3 is 0 Å². The Morgan fingerprint density at radius 3 is 2.76 bits per heavy atom. The van der Waals surface area contributed by atoms with E-state index < -0.39 is 11.5 Å². The van der Waals surface area contributed by atoms with Gasteiger partial charge in [-0.25, -0.2) is 9.38 Å². The molecule has 0 aliphatic carbocycles. The molecule has 8 heteroatoms. The first-order chi connectivity index (χ1) is 15.9. The molecule has 1 saturated heterocycles. The van der Waals surface area contributed by atoms with Gasteiger partial charge in [-0.05, 0) is 49.4 Å². The van der Waals surface area contributed by atoms with Gasteiger partial charge in [0, 0.05) is 59.1 Å². The lowest BCUT2D eigenvalue weighted by Crippen LogP contribution is -2.54. The number of hydrogen-bond donors (Lipinski definition) is 1. The number of nitrogens with two attached hydrogens (primary N) is 1. The maximum atomic E-state index is 13.5. The SMILES string of the molecule is CC#Cc1cncc(-c2ccc([C@]34CN(c5ccc(F)cc5)C[C@H]3C(=O)N(C)C(N)=N4)s2)c1. The number of aromatic nitrogens is 1. The maximum absolute atomic E-state index is 13.5. The molecule has 1 amide bonds. The van der Waals surface area contributed by atoms with E-state index in [0.717, 1.165) is 26.6 Å². The van der Waals surface area contributed by atoms with Crippen molar-refractivity contribution >= 4 is 28.9 Å². The van der Waals surface area contributed by atoms with Crippen LogP contribution in [0.4, 0.5) is 10.1 Å². The van der Waals surface area contributed by atoms with Gasteiger partial charge in [-0.1, -0.05) is 5.92 Å². The number of benzene rings is 1. The van der Waals surface area contributed by atoms with Crippen molar-refractivity contribution in [2.75, 3.05) is 25.0 Å². The Labute approximate surface area is 195 Å². The summed E-state index contributed by atoms with van der Waals surface area (Å²) in [5.74, 6) is 5.37. The molecule has 1 fully saturated rings. The van der Waals surface area contributed by atoms with E-state index in [-0.39, 0.29) is 17.7 Å². The number of hydrogen-bond acceptors (Lipinski definition) is 6. The number of rotatable bonds is 3. The minimum atomic E-state index is -0.806. The molecule has 0 saturated carbocycles. The van der Waals surface area contributed by atoms with E-state index in [1.165, 1.54) is 17.0 Å². The molecule has 0 unspecified atom stereocenters. The summed E-state index contributed by atoms with van der Waals surface area (Å²) in [6, 6.07) is 12.4. The number of nitrogens with zero attached hydrogens (tertiary/aromatic N) is 4. The summed E-state index contributed by atoms with van der Waals surface area (Å²) in [6.45, 7) is 2.74. The van der Waals surface area contributed by atoms with Gasteiger partial charge in [0.15, 0.2) is 5.96 Å². The van der Waals surface area contributed by atoms with Gasteiger partial charge in [0.05, 0.1) is 5.92 Å². The third-order valence-electron chi connectivity index (χ3n) is 6.21. The van der Waals surface area contributed by atoms with E-state index in [2.05, 4.69) is 21.7 Å². The summed E-state index contributed by atoms with van der Waals surface area (Å²) in [6.07, 6.45) is 3.55. The summed E-state index contributed by atoms with van der Waals surface area (Å²) in [7, 11) is 1.65. The number of aliphatic imine (C=N–C) groups is 1. The summed E-state index contributed by atoms with van der Waals surface area (Å²) < 4.78 is 13.5. The zero-order valence-electron chi connectivity index (χ0n) is 18.2. The Bertz CT molecular complexity index is 1320. The molecule has 3 aromatic rings. The van der Waals surface area contributed by atoms with E-state index in [1.54, 1.807) is 43.6 Å². The summed E-state index contributed by atoms with van der Waals surface area (Å²) in [5, 5.41) is 0. The van der Waals surface area contributed by atoms with Crippen LogP contribution in [0.25, 0.3) is 10.4 Å². The normalized spacial score (nSPS) is 22.0. The number of anilines is 1. The second kappa shape index (κ2) is 8.01. The molecular weight excluding hydrogens is 437 g/mol. The van der Waals surface area contributed by atoms with Gasteiger partial charge in [-0.15, -0.1) is 17.3 Å². The van der Waals surface area contributed by atoms with E-state index in [4.69, 9.17) is 10.7 Å². The highest BCUT2D eigenvalue weighted by atomic mass is 32.1. The minimum absolute atomic E-state index is 0.0658. The number of carbonyl (C=O) groups is 1. The van der Waals surface area contributed by atoms with Crippen molar-refractivity contribution in [3.05, 3.63) is 71.1 Å². The average Bonchev–Trinajstić information content (AvgIpc) is 3.45. The summed E-state index contributed by atoms with van der Waals surface area (Å²) >= 11 is 1.58. The van der Waals surface area contributed by atoms with Crippen molar-refractivity contribution in [3.8, 4) is 22.3 Å². The van der Waals surface area contributed by atoms with Gasteiger partial charge in [-0.2, -0.15) is 0 Å². The van der Waals surface area contributed by atoms with Gasteiger partial charge in [0.25, 0.3) is 0 Å². The molecule has 5 rings (SSSR count). The molecule has 2 atom stereocenters. The second-order valence-corrected chi connectivity index (χ2v) is 9.29. The van der Waals surface area contributed by atoms with Gasteiger partial charge in [0.1, 0.15) is 11.4 Å². The van der Waals surface area contributed by atoms with Crippen LogP contribution in [-0.4, -0.2) is 41.9 Å². The third-order valence-corrected chi connectivity index (χ3v) is 7.52. The second-order valence-electron chi connectivity index (χ2n) is 8.20. The quantitative estimate of drug-likeness (QED) is 0.609. The number of carbonyl (C=O) groups excluding carboxylic acids is 1. The lowest BCUT2D eigenvalue weighted by atomic mass is 9.84. The monoisotopic (exact) mass is 459 g/mol. The molecule has 166 valence electrons. The summed E-state index contributed by atoms with van der Waals surface area (Å²) in [5.41, 5.74) is 8.04. The summed E-state index contributed by atoms with van der Waals surface area (Å²) in [4.78, 5) is 28.0. The van der Waals surface area contributed by atoms with E-state index in [0.29, 0.717) is 13.1 Å². The number of guanidine groups is 1. The van der Waals surface area contributed by atoms with Crippen molar-refractivity contribution in [1.82, 2.24) is 9.88 Å². The fraction of sp³-hybridized carbons (Fsp3) is 0.240. The average molecular weight is 460 g/mol. The third kappa shape index (κ3) is 3.55. The standard InChI is InChI=1S/C25H22FN5OS/c1-3-4-16-11-17(13-28-12-16)21-9-10-22(33-21)25-15-31(19-7-5-18(26)6-8-19)14-20(25)23(32)30(2)24(27)29-25/h5-13,20H,14-15H2,1-2H3,(H2,27,29)/t20-,25-/m0/s1. The van der Waals surface area contributed by atoms with Crippen LogP contribution in [0.3, 0.4) is 0 Å². The molecule has 6 nitrogen and oxygen atoms in total. The maximum Gasteiger partial charge on any atom is 0.236 e. The molecule has 2 N–H and O–H groups in total. The Hall–Kier alpha value is -3.70. The topological polar surface area (TPSA) is 74.8 Å². The Kier molecular flexibility index (Phi) is 5.14. The van der Waals surface area contributed by atoms with Crippen molar-refractivity contribution in [3.63, 3.8) is 0 Å². The van der Waals surface area contributed by atoms with Crippen LogP contribution in [0, 0.1) is 23.6 Å². The Morgan fingerprint density at radius 1 is 1.21 bits per heavy atom. The van der Waals surface area contributed by atoms with Crippen LogP contribution in [0.1, 0.15) is 17.4 Å². The van der Waals surface area contributed by atoms with Crippen molar-refractivity contribution < 1.29 is 9.18 Å². The fourth-order valence-electron chi connectivity index (χ4n) is 4.53. The largest absolute Gasteiger partial charge is 0.369 e. The van der Waals surface area contributed by atoms with Gasteiger partial charge < -0.3 is 10.6 Å². The van der Waals surface area contributed by atoms with E-state index in [9.17, 15) is 9.18 Å². The molecule has 0 bridgehead atoms. The first-order valence-corrected chi connectivity index (χ1v) is 11.3. The van der Waals surface area contributed by atoms with Crippen LogP contribution in [0.2, 0.25) is 0 Å². The lowest BCUT2D eigenvalue weighted by Gasteiger charge is -2.36. The van der Waals surface area contributed by atoms with Gasteiger partial charge in [0.2, 0.25) is 5.91 Å². The van der Waals surface area contributed by atoms with Crippen LogP contribution >= 0.6 is 11.3 Å². The molecule has 2 aromatic heterocycles. The Balaban J connectivity index is 1.58. The first kappa shape index (κ1) is 21.2. The molecule has 2 aliphatic heterocycles. The highest BCUT2D eigenvalue weighted by Gasteiger charge is 2.56. The molecule has 1 aromatic carbocycles. The smallest absolute Gasteiger partial charge is 0.236 e. The minimum Gasteiger partial charge on any atom is -0.369 e. The van der Waals surface area contributed by atoms with Crippen LogP contribution in [0.5, 0.6) is 0 Å². The number of pyridine rings is 1. The molecule has 0 spiro atoms. The van der Waals surface area contributed by atoms with Crippen molar-refractivity contribution in [2.24, 2.45) is 16.6 Å². The number of amides is 1. The predicted molar refractivity (Wildman–Crippen MR) is 128 cm³/mol. The molecule has 4 heterocycles. The van der Waals surface area contributed by atoms with Gasteiger partial charge in [-0.3, -0.25) is 14.7 Å². The van der Waals surface area contributed by atoms with E-state index in [1.807, 2.05) is 24.4 Å². The zero-order chi connectivity index (χ0) is 23.2. The van der Waals surface area contributed by atoms with Crippen molar-refractivity contribution in [1.29, 1.82) is 0 Å². The van der Waals surface area contributed by atoms with Crippen LogP contribution in [-0.2, 0) is 10.3 Å².